The lowest BCUT2D eigenvalue weighted by molar-refractivity contribution is 0.0505. The highest BCUT2D eigenvalue weighted by Crippen LogP contribution is 2.18. The van der Waals surface area contributed by atoms with Gasteiger partial charge in [-0.3, -0.25) is 0 Å². The van der Waals surface area contributed by atoms with Crippen LogP contribution in [-0.2, 0) is 17.8 Å². The Bertz CT molecular complexity index is 648. The van der Waals surface area contributed by atoms with Gasteiger partial charge in [-0.25, -0.2) is 9.48 Å². The van der Waals surface area contributed by atoms with Gasteiger partial charge in [0.05, 0.1) is 30.2 Å². The number of esters is 1. The Morgan fingerprint density at radius 2 is 2.00 bits per heavy atom. The highest BCUT2D eigenvalue weighted by molar-refractivity contribution is 5.89. The molecular weight excluding hydrogens is 294 g/mol. The van der Waals surface area contributed by atoms with Crippen LogP contribution < -0.4 is 0 Å². The van der Waals surface area contributed by atoms with E-state index in [-0.39, 0.29) is 12.6 Å². The predicted molar refractivity (Wildman–Crippen MR) is 86.4 cm³/mol. The number of hydrogen-bond acceptors (Lipinski definition) is 5. The van der Waals surface area contributed by atoms with E-state index in [0.29, 0.717) is 23.8 Å². The lowest BCUT2D eigenvalue weighted by Crippen LogP contribution is -2.09. The van der Waals surface area contributed by atoms with Gasteiger partial charge < -0.3 is 9.84 Å². The standard InChI is InChI=1S/C17H23N3O3/c1-4-9-23-17(22)13-5-7-14(8-6-13)20-16(10-12(2)3)15(11-21)18-19-20/h5-8,12,21H,4,9-11H2,1-3H3. The third kappa shape index (κ3) is 4.16. The van der Waals surface area contributed by atoms with E-state index in [2.05, 4.69) is 24.2 Å². The van der Waals surface area contributed by atoms with Crippen LogP contribution in [-0.4, -0.2) is 32.7 Å². The predicted octanol–water partition coefficient (Wildman–Crippen LogP) is 2.52. The zero-order chi connectivity index (χ0) is 16.8. The van der Waals surface area contributed by atoms with E-state index in [1.807, 2.05) is 19.1 Å². The van der Waals surface area contributed by atoms with Gasteiger partial charge in [0.15, 0.2) is 0 Å². The van der Waals surface area contributed by atoms with Crippen molar-refractivity contribution in [2.24, 2.45) is 5.92 Å². The summed E-state index contributed by atoms with van der Waals surface area (Å²) in [6.07, 6.45) is 1.56. The summed E-state index contributed by atoms with van der Waals surface area (Å²) in [7, 11) is 0. The highest BCUT2D eigenvalue weighted by atomic mass is 16.5. The molecule has 1 heterocycles. The summed E-state index contributed by atoms with van der Waals surface area (Å²) < 4.78 is 6.83. The Labute approximate surface area is 136 Å². The van der Waals surface area contributed by atoms with Crippen LogP contribution >= 0.6 is 0 Å². The van der Waals surface area contributed by atoms with Crippen molar-refractivity contribution in [1.82, 2.24) is 15.0 Å². The maximum Gasteiger partial charge on any atom is 0.338 e. The summed E-state index contributed by atoms with van der Waals surface area (Å²) in [6.45, 7) is 6.44. The molecule has 0 bridgehead atoms. The van der Waals surface area contributed by atoms with E-state index in [9.17, 15) is 9.90 Å². The van der Waals surface area contributed by atoms with E-state index in [4.69, 9.17) is 4.74 Å². The topological polar surface area (TPSA) is 77.2 Å². The zero-order valence-corrected chi connectivity index (χ0v) is 13.8. The number of benzene rings is 1. The maximum atomic E-state index is 11.8. The second-order valence-electron chi connectivity index (χ2n) is 5.83. The molecule has 0 radical (unpaired) electrons. The smallest absolute Gasteiger partial charge is 0.338 e. The van der Waals surface area contributed by atoms with Gasteiger partial charge in [-0.1, -0.05) is 26.0 Å². The molecule has 1 aromatic carbocycles. The molecule has 0 unspecified atom stereocenters. The molecule has 1 N–H and O–H groups in total. The number of rotatable bonds is 7. The minimum Gasteiger partial charge on any atom is -0.462 e. The van der Waals surface area contributed by atoms with Crippen molar-refractivity contribution in [1.29, 1.82) is 0 Å². The fraction of sp³-hybridized carbons (Fsp3) is 0.471. The number of aliphatic hydroxyl groups is 1. The number of carbonyl (C=O) groups excluding carboxylic acids is 1. The highest BCUT2D eigenvalue weighted by Gasteiger charge is 2.15. The third-order valence-electron chi connectivity index (χ3n) is 3.38. The quantitative estimate of drug-likeness (QED) is 0.794. The van der Waals surface area contributed by atoms with Gasteiger partial charge in [0.2, 0.25) is 0 Å². The lowest BCUT2D eigenvalue weighted by Gasteiger charge is -2.10. The summed E-state index contributed by atoms with van der Waals surface area (Å²) in [5, 5.41) is 17.6. The monoisotopic (exact) mass is 317 g/mol. The molecule has 23 heavy (non-hydrogen) atoms. The van der Waals surface area contributed by atoms with Crippen LogP contribution in [0.2, 0.25) is 0 Å². The zero-order valence-electron chi connectivity index (χ0n) is 13.8. The molecule has 0 atom stereocenters. The Balaban J connectivity index is 2.25. The molecule has 0 amide bonds. The maximum absolute atomic E-state index is 11.8. The second kappa shape index (κ2) is 7.87. The van der Waals surface area contributed by atoms with Gasteiger partial charge in [0, 0.05) is 0 Å². The molecule has 2 rings (SSSR count). The largest absolute Gasteiger partial charge is 0.462 e. The minimum absolute atomic E-state index is 0.135. The molecule has 0 aliphatic rings. The fourth-order valence-corrected chi connectivity index (χ4v) is 2.27. The number of aromatic nitrogens is 3. The van der Waals surface area contributed by atoms with Crippen LogP contribution in [0.25, 0.3) is 5.69 Å². The molecule has 0 saturated carbocycles. The average molecular weight is 317 g/mol. The van der Waals surface area contributed by atoms with Crippen molar-refractivity contribution in [2.75, 3.05) is 6.61 Å². The SMILES string of the molecule is CCCOC(=O)c1ccc(-n2nnc(CO)c2CC(C)C)cc1. The van der Waals surface area contributed by atoms with Crippen molar-refractivity contribution in [3.63, 3.8) is 0 Å². The summed E-state index contributed by atoms with van der Waals surface area (Å²) in [6, 6.07) is 7.05. The van der Waals surface area contributed by atoms with Crippen molar-refractivity contribution in [3.05, 3.63) is 41.2 Å². The molecule has 0 fully saturated rings. The van der Waals surface area contributed by atoms with Crippen LogP contribution in [0.15, 0.2) is 24.3 Å². The molecule has 2 aromatic rings. The summed E-state index contributed by atoms with van der Waals surface area (Å²) in [5.41, 5.74) is 2.80. The summed E-state index contributed by atoms with van der Waals surface area (Å²) in [4.78, 5) is 11.8. The van der Waals surface area contributed by atoms with E-state index in [1.54, 1.807) is 16.8 Å². The van der Waals surface area contributed by atoms with Crippen molar-refractivity contribution >= 4 is 5.97 Å². The molecule has 1 aromatic heterocycles. The Morgan fingerprint density at radius 3 is 2.57 bits per heavy atom. The first-order chi connectivity index (χ1) is 11.1. The molecule has 6 nitrogen and oxygen atoms in total. The Morgan fingerprint density at radius 1 is 1.30 bits per heavy atom. The number of hydrogen-bond donors (Lipinski definition) is 1. The van der Waals surface area contributed by atoms with E-state index in [1.165, 1.54) is 0 Å². The molecule has 0 spiro atoms. The third-order valence-corrected chi connectivity index (χ3v) is 3.38. The van der Waals surface area contributed by atoms with Crippen LogP contribution in [0, 0.1) is 5.92 Å². The first-order valence-electron chi connectivity index (χ1n) is 7.88. The van der Waals surface area contributed by atoms with E-state index in [0.717, 1.165) is 24.2 Å². The van der Waals surface area contributed by atoms with Gasteiger partial charge >= 0.3 is 5.97 Å². The van der Waals surface area contributed by atoms with Gasteiger partial charge in [-0.15, -0.1) is 5.10 Å². The minimum atomic E-state index is -0.324. The van der Waals surface area contributed by atoms with Gasteiger partial charge in [0.25, 0.3) is 0 Å². The summed E-state index contributed by atoms with van der Waals surface area (Å²) in [5.74, 6) is 0.0938. The van der Waals surface area contributed by atoms with Gasteiger partial charge in [0.1, 0.15) is 5.69 Å². The van der Waals surface area contributed by atoms with Gasteiger partial charge in [-0.2, -0.15) is 0 Å². The fourth-order valence-electron chi connectivity index (χ4n) is 2.27. The summed E-state index contributed by atoms with van der Waals surface area (Å²) >= 11 is 0. The molecular formula is C17H23N3O3. The molecule has 124 valence electrons. The molecule has 0 saturated heterocycles. The number of nitrogens with zero attached hydrogens (tertiary/aromatic N) is 3. The normalized spacial score (nSPS) is 11.0. The number of ether oxygens (including phenoxy) is 1. The van der Waals surface area contributed by atoms with Crippen LogP contribution in [0.5, 0.6) is 0 Å². The average Bonchev–Trinajstić information content (AvgIpc) is 2.94. The van der Waals surface area contributed by atoms with E-state index >= 15 is 0 Å². The first kappa shape index (κ1) is 17.1. The Hall–Kier alpha value is -2.21. The molecule has 6 heteroatoms. The number of carbonyl (C=O) groups is 1. The Kier molecular flexibility index (Phi) is 5.87. The second-order valence-corrected chi connectivity index (χ2v) is 5.83. The van der Waals surface area contributed by atoms with Crippen LogP contribution in [0.3, 0.4) is 0 Å². The van der Waals surface area contributed by atoms with Crippen molar-refractivity contribution in [2.45, 2.75) is 40.2 Å². The van der Waals surface area contributed by atoms with Crippen LogP contribution in [0.4, 0.5) is 0 Å². The molecule has 0 aliphatic carbocycles. The van der Waals surface area contributed by atoms with Crippen molar-refractivity contribution < 1.29 is 14.6 Å². The van der Waals surface area contributed by atoms with E-state index < -0.39 is 0 Å². The van der Waals surface area contributed by atoms with Crippen molar-refractivity contribution in [3.8, 4) is 5.69 Å². The lowest BCUT2D eigenvalue weighted by atomic mass is 10.1. The van der Waals surface area contributed by atoms with Crippen LogP contribution in [0.1, 0.15) is 48.9 Å². The number of aliphatic hydroxyl groups excluding tert-OH is 1. The van der Waals surface area contributed by atoms with Gasteiger partial charge in [-0.05, 0) is 43.0 Å². The first-order valence-corrected chi connectivity index (χ1v) is 7.88. The molecule has 0 aliphatic heterocycles.